The van der Waals surface area contributed by atoms with Crippen LogP contribution in [0.1, 0.15) is 45.7 Å². The summed E-state index contributed by atoms with van der Waals surface area (Å²) in [7, 11) is 0. The second-order valence-corrected chi connectivity index (χ2v) is 8.19. The van der Waals surface area contributed by atoms with Crippen LogP contribution >= 0.6 is 0 Å². The number of hydrogen-bond acceptors (Lipinski definition) is 6. The molecule has 2 unspecified atom stereocenters. The first-order chi connectivity index (χ1) is 11.5. The van der Waals surface area contributed by atoms with E-state index in [0.717, 1.165) is 50.8 Å². The molecule has 1 aromatic heterocycles. The first kappa shape index (κ1) is 17.4. The van der Waals surface area contributed by atoms with E-state index in [4.69, 9.17) is 9.26 Å². The zero-order valence-corrected chi connectivity index (χ0v) is 15.0. The van der Waals surface area contributed by atoms with Crippen molar-refractivity contribution in [3.8, 4) is 0 Å². The van der Waals surface area contributed by atoms with Crippen LogP contribution in [0.3, 0.4) is 0 Å². The maximum Gasteiger partial charge on any atom is 0.225 e. The molecule has 0 amide bonds. The average Bonchev–Trinajstić information content (AvgIpc) is 3.15. The highest BCUT2D eigenvalue weighted by Gasteiger charge is 2.37. The van der Waals surface area contributed by atoms with E-state index in [1.807, 2.05) is 6.07 Å². The molecule has 0 aromatic carbocycles. The Labute approximate surface area is 143 Å². The summed E-state index contributed by atoms with van der Waals surface area (Å²) >= 11 is 0. The molecule has 2 aliphatic heterocycles. The Morgan fingerprint density at radius 2 is 2.25 bits per heavy atom. The number of hydrogen-bond donors (Lipinski definition) is 1. The van der Waals surface area contributed by atoms with Gasteiger partial charge in [0.05, 0.1) is 24.4 Å². The van der Waals surface area contributed by atoms with E-state index in [1.54, 1.807) is 0 Å². The van der Waals surface area contributed by atoms with Gasteiger partial charge in [-0.1, -0.05) is 25.9 Å². The number of nitrogens with one attached hydrogen (secondary N) is 1. The molecule has 3 heterocycles. The Morgan fingerprint density at radius 3 is 3.00 bits per heavy atom. The van der Waals surface area contributed by atoms with Gasteiger partial charge >= 0.3 is 0 Å². The van der Waals surface area contributed by atoms with Crippen molar-refractivity contribution in [2.75, 3.05) is 25.1 Å². The van der Waals surface area contributed by atoms with Gasteiger partial charge in [0.15, 0.2) is 0 Å². The van der Waals surface area contributed by atoms with Crippen LogP contribution < -0.4 is 5.32 Å². The summed E-state index contributed by atoms with van der Waals surface area (Å²) in [6.45, 7) is 8.92. The number of carbonyl (C=O) groups is 1. The molecular weight excluding hydrogens is 306 g/mol. The zero-order chi connectivity index (χ0) is 17.2. The number of nitrogens with zero attached hydrogens (tertiary/aromatic N) is 2. The molecule has 2 aliphatic rings. The van der Waals surface area contributed by atoms with Crippen LogP contribution in [0.15, 0.2) is 10.6 Å². The highest BCUT2D eigenvalue weighted by atomic mass is 16.5. The van der Waals surface area contributed by atoms with Gasteiger partial charge in [0, 0.05) is 18.7 Å². The lowest BCUT2D eigenvalue weighted by Crippen LogP contribution is -2.54. The highest BCUT2D eigenvalue weighted by molar-refractivity contribution is 5.58. The third kappa shape index (κ3) is 4.16. The van der Waals surface area contributed by atoms with Gasteiger partial charge in [-0.05, 0) is 37.6 Å². The minimum Gasteiger partial charge on any atom is -0.379 e. The fourth-order valence-corrected chi connectivity index (χ4v) is 3.82. The Kier molecular flexibility index (Phi) is 5.25. The molecule has 6 heteroatoms. The van der Waals surface area contributed by atoms with Gasteiger partial charge in [-0.15, -0.1) is 0 Å². The Morgan fingerprint density at radius 1 is 1.42 bits per heavy atom. The first-order valence-corrected chi connectivity index (χ1v) is 8.97. The molecule has 2 saturated heterocycles. The fourth-order valence-electron chi connectivity index (χ4n) is 3.82. The summed E-state index contributed by atoms with van der Waals surface area (Å²) in [6, 6.07) is 2.45. The van der Waals surface area contributed by atoms with Crippen molar-refractivity contribution in [3.05, 3.63) is 11.8 Å². The molecule has 0 radical (unpaired) electrons. The van der Waals surface area contributed by atoms with Crippen molar-refractivity contribution in [1.82, 2.24) is 10.1 Å². The van der Waals surface area contributed by atoms with Crippen molar-refractivity contribution >= 4 is 12.2 Å². The van der Waals surface area contributed by atoms with E-state index in [-0.39, 0.29) is 17.5 Å². The van der Waals surface area contributed by atoms with Gasteiger partial charge in [-0.2, -0.15) is 0 Å². The van der Waals surface area contributed by atoms with Crippen LogP contribution in [-0.2, 0) is 16.0 Å². The second kappa shape index (κ2) is 7.23. The Hall–Kier alpha value is -1.40. The minimum atomic E-state index is 0.0450. The molecule has 3 rings (SSSR count). The van der Waals surface area contributed by atoms with Gasteiger partial charge in [0.2, 0.25) is 5.88 Å². The lowest BCUT2D eigenvalue weighted by Gasteiger charge is -2.39. The van der Waals surface area contributed by atoms with E-state index in [0.29, 0.717) is 18.5 Å². The molecule has 1 N–H and O–H groups in total. The Balaban J connectivity index is 1.67. The summed E-state index contributed by atoms with van der Waals surface area (Å²) in [6.07, 6.45) is 4.96. The lowest BCUT2D eigenvalue weighted by atomic mass is 9.91. The summed E-state index contributed by atoms with van der Waals surface area (Å²) in [5, 5.41) is 7.62. The molecule has 0 spiro atoms. The monoisotopic (exact) mass is 335 g/mol. The van der Waals surface area contributed by atoms with Gasteiger partial charge in [0.25, 0.3) is 0 Å². The number of aldehydes is 1. The first-order valence-electron chi connectivity index (χ1n) is 8.97. The van der Waals surface area contributed by atoms with Crippen molar-refractivity contribution < 1.29 is 14.1 Å². The molecule has 0 saturated carbocycles. The number of anilines is 1. The van der Waals surface area contributed by atoms with Gasteiger partial charge < -0.3 is 19.4 Å². The van der Waals surface area contributed by atoms with Gasteiger partial charge in [0.1, 0.15) is 6.29 Å². The van der Waals surface area contributed by atoms with Crippen molar-refractivity contribution in [2.24, 2.45) is 5.41 Å². The number of aromatic nitrogens is 1. The summed E-state index contributed by atoms with van der Waals surface area (Å²) in [5.41, 5.74) is 1.14. The summed E-state index contributed by atoms with van der Waals surface area (Å²) < 4.78 is 11.1. The molecule has 2 fully saturated rings. The third-order valence-electron chi connectivity index (χ3n) is 4.84. The fraction of sp³-hybridized carbons (Fsp3) is 0.778. The standard InChI is InChI=1S/C18H29N3O3/c1-18(2,3)10-13-9-17(24-20-13)19-15-12-23-8-6-16(15)21-7-4-5-14(21)11-22/h9,11,14-16,19H,4-8,10,12H2,1-3H3/t14-,15?,16?/m0/s1. The zero-order valence-electron chi connectivity index (χ0n) is 15.0. The van der Waals surface area contributed by atoms with E-state index < -0.39 is 0 Å². The SMILES string of the molecule is CC(C)(C)Cc1cc(NC2COCCC2N2CCC[C@H]2C=O)on1. The summed E-state index contributed by atoms with van der Waals surface area (Å²) in [5.74, 6) is 0.691. The van der Waals surface area contributed by atoms with Crippen molar-refractivity contribution in [1.29, 1.82) is 0 Å². The number of ether oxygens (including phenoxy) is 1. The van der Waals surface area contributed by atoms with Gasteiger partial charge in [-0.3, -0.25) is 4.90 Å². The Bertz CT molecular complexity index is 552. The van der Waals surface area contributed by atoms with Crippen LogP contribution in [0.2, 0.25) is 0 Å². The van der Waals surface area contributed by atoms with Crippen molar-refractivity contribution in [2.45, 2.75) is 64.6 Å². The van der Waals surface area contributed by atoms with E-state index >= 15 is 0 Å². The topological polar surface area (TPSA) is 67.6 Å². The largest absolute Gasteiger partial charge is 0.379 e. The third-order valence-corrected chi connectivity index (χ3v) is 4.84. The molecule has 1 aromatic rings. The summed E-state index contributed by atoms with van der Waals surface area (Å²) in [4.78, 5) is 13.7. The highest BCUT2D eigenvalue weighted by Crippen LogP contribution is 2.27. The number of rotatable bonds is 5. The minimum absolute atomic E-state index is 0.0450. The lowest BCUT2D eigenvalue weighted by molar-refractivity contribution is -0.113. The van der Waals surface area contributed by atoms with Crippen LogP contribution in [0.25, 0.3) is 0 Å². The molecule has 6 nitrogen and oxygen atoms in total. The normalized spacial score (nSPS) is 28.9. The molecule has 24 heavy (non-hydrogen) atoms. The van der Waals surface area contributed by atoms with E-state index in [9.17, 15) is 4.79 Å². The number of carbonyl (C=O) groups excluding carboxylic acids is 1. The van der Waals surface area contributed by atoms with Gasteiger partial charge in [-0.25, -0.2) is 0 Å². The molecular formula is C18H29N3O3. The predicted octanol–water partition coefficient (Wildman–Crippen LogP) is 2.50. The van der Waals surface area contributed by atoms with E-state index in [2.05, 4.69) is 36.1 Å². The molecule has 3 atom stereocenters. The molecule has 0 aliphatic carbocycles. The van der Waals surface area contributed by atoms with Crippen LogP contribution in [-0.4, -0.2) is 54.2 Å². The molecule has 0 bridgehead atoms. The van der Waals surface area contributed by atoms with Crippen LogP contribution in [0.5, 0.6) is 0 Å². The maximum atomic E-state index is 11.3. The predicted molar refractivity (Wildman–Crippen MR) is 92.1 cm³/mol. The smallest absolute Gasteiger partial charge is 0.225 e. The van der Waals surface area contributed by atoms with Crippen LogP contribution in [0.4, 0.5) is 5.88 Å². The number of likely N-dealkylation sites (tertiary alicyclic amines) is 1. The average molecular weight is 335 g/mol. The van der Waals surface area contributed by atoms with Crippen molar-refractivity contribution in [3.63, 3.8) is 0 Å². The quantitative estimate of drug-likeness (QED) is 0.834. The maximum absolute atomic E-state index is 11.3. The van der Waals surface area contributed by atoms with E-state index in [1.165, 1.54) is 0 Å². The molecule has 134 valence electrons. The second-order valence-electron chi connectivity index (χ2n) is 8.19. The van der Waals surface area contributed by atoms with Crippen LogP contribution in [0, 0.1) is 5.41 Å².